The van der Waals surface area contributed by atoms with Gasteiger partial charge in [-0.1, -0.05) is 59.6 Å². The van der Waals surface area contributed by atoms with Gasteiger partial charge in [0.15, 0.2) is 0 Å². The summed E-state index contributed by atoms with van der Waals surface area (Å²) in [6.45, 7) is 0.0713. The third-order valence-corrected chi connectivity index (χ3v) is 7.93. The van der Waals surface area contributed by atoms with Crippen LogP contribution in [0.1, 0.15) is 5.56 Å². The SMILES string of the molecule is O=C(CN(c1ccc(Cl)cc1)S(=O)(=O)c1ccccc1)NCCSCc1ccccc1Cl. The number of thioether (sulfide) groups is 1. The molecule has 0 bridgehead atoms. The summed E-state index contributed by atoms with van der Waals surface area (Å²) in [6.07, 6.45) is 0. The Morgan fingerprint density at radius 2 is 1.56 bits per heavy atom. The number of nitrogens with one attached hydrogen (secondary N) is 1. The Balaban J connectivity index is 1.62. The van der Waals surface area contributed by atoms with Crippen LogP contribution in [0.2, 0.25) is 10.0 Å². The maximum absolute atomic E-state index is 13.2. The van der Waals surface area contributed by atoms with Crippen molar-refractivity contribution in [2.24, 2.45) is 0 Å². The number of hydrogen-bond donors (Lipinski definition) is 1. The zero-order chi connectivity index (χ0) is 23.0. The van der Waals surface area contributed by atoms with E-state index in [2.05, 4.69) is 5.32 Å². The molecule has 0 fully saturated rings. The van der Waals surface area contributed by atoms with Crippen molar-refractivity contribution in [2.45, 2.75) is 10.6 Å². The molecule has 3 aromatic carbocycles. The number of amides is 1. The molecule has 3 aromatic rings. The van der Waals surface area contributed by atoms with Crippen molar-refractivity contribution in [1.29, 1.82) is 0 Å². The van der Waals surface area contributed by atoms with E-state index < -0.39 is 15.9 Å². The third kappa shape index (κ3) is 6.65. The van der Waals surface area contributed by atoms with Crippen molar-refractivity contribution in [3.05, 3.63) is 94.5 Å². The second kappa shape index (κ2) is 11.6. The second-order valence-corrected chi connectivity index (χ2v) is 10.6. The molecule has 5 nitrogen and oxygen atoms in total. The molecule has 9 heteroatoms. The normalized spacial score (nSPS) is 11.2. The van der Waals surface area contributed by atoms with Gasteiger partial charge in [-0.3, -0.25) is 9.10 Å². The molecule has 0 atom stereocenters. The fourth-order valence-corrected chi connectivity index (χ4v) is 5.60. The summed E-state index contributed by atoms with van der Waals surface area (Å²) in [7, 11) is -3.93. The quantitative estimate of drug-likeness (QED) is 0.380. The van der Waals surface area contributed by atoms with Gasteiger partial charge in [-0.15, -0.1) is 0 Å². The van der Waals surface area contributed by atoms with Gasteiger partial charge in [0.2, 0.25) is 5.91 Å². The van der Waals surface area contributed by atoms with E-state index in [9.17, 15) is 13.2 Å². The number of anilines is 1. The van der Waals surface area contributed by atoms with Gasteiger partial charge in [-0.05, 0) is 48.0 Å². The highest BCUT2D eigenvalue weighted by molar-refractivity contribution is 7.98. The Kier molecular flexibility index (Phi) is 8.87. The van der Waals surface area contributed by atoms with E-state index in [1.54, 1.807) is 54.2 Å². The van der Waals surface area contributed by atoms with Crippen LogP contribution in [-0.4, -0.2) is 33.2 Å². The monoisotopic (exact) mass is 508 g/mol. The molecule has 0 radical (unpaired) electrons. The Hall–Kier alpha value is -2.19. The first-order valence-electron chi connectivity index (χ1n) is 9.79. The minimum absolute atomic E-state index is 0.109. The lowest BCUT2D eigenvalue weighted by molar-refractivity contribution is -0.119. The molecule has 3 rings (SSSR count). The average Bonchev–Trinajstić information content (AvgIpc) is 2.79. The third-order valence-electron chi connectivity index (χ3n) is 4.52. The van der Waals surface area contributed by atoms with Crippen LogP contribution in [0.15, 0.2) is 83.8 Å². The number of carbonyl (C=O) groups is 1. The first-order chi connectivity index (χ1) is 15.4. The highest BCUT2D eigenvalue weighted by Crippen LogP contribution is 2.25. The van der Waals surface area contributed by atoms with Crippen molar-refractivity contribution in [1.82, 2.24) is 5.32 Å². The van der Waals surface area contributed by atoms with E-state index in [1.165, 1.54) is 12.1 Å². The van der Waals surface area contributed by atoms with Crippen molar-refractivity contribution in [2.75, 3.05) is 23.1 Å². The number of nitrogens with zero attached hydrogens (tertiary/aromatic N) is 1. The minimum atomic E-state index is -3.93. The van der Waals surface area contributed by atoms with Crippen LogP contribution in [-0.2, 0) is 20.6 Å². The summed E-state index contributed by atoms with van der Waals surface area (Å²) >= 11 is 13.7. The van der Waals surface area contributed by atoms with E-state index in [4.69, 9.17) is 23.2 Å². The van der Waals surface area contributed by atoms with E-state index in [1.807, 2.05) is 24.3 Å². The molecule has 1 amide bonds. The van der Waals surface area contributed by atoms with Crippen LogP contribution >= 0.6 is 35.0 Å². The largest absolute Gasteiger partial charge is 0.354 e. The Morgan fingerprint density at radius 1 is 0.906 bits per heavy atom. The lowest BCUT2D eigenvalue weighted by Crippen LogP contribution is -2.41. The second-order valence-electron chi connectivity index (χ2n) is 6.80. The number of rotatable bonds is 10. The lowest BCUT2D eigenvalue weighted by Gasteiger charge is -2.24. The highest BCUT2D eigenvalue weighted by Gasteiger charge is 2.26. The first-order valence-corrected chi connectivity index (χ1v) is 13.1. The fourth-order valence-electron chi connectivity index (χ4n) is 2.89. The minimum Gasteiger partial charge on any atom is -0.354 e. The summed E-state index contributed by atoms with van der Waals surface area (Å²) in [5, 5.41) is 3.99. The number of benzene rings is 3. The molecule has 0 saturated carbocycles. The molecular weight excluding hydrogens is 487 g/mol. The first kappa shape index (κ1) is 24.5. The highest BCUT2D eigenvalue weighted by atomic mass is 35.5. The number of halogens is 2. The standard InChI is InChI=1S/C23H22Cl2N2O3S2/c24-19-10-12-20(13-11-19)27(32(29,30)21-7-2-1-3-8-21)16-23(28)26-14-15-31-17-18-6-4-5-9-22(18)25/h1-13H,14-17H2,(H,26,28). The molecule has 0 heterocycles. The molecule has 168 valence electrons. The van der Waals surface area contributed by atoms with E-state index in [-0.39, 0.29) is 11.4 Å². The van der Waals surface area contributed by atoms with Crippen LogP contribution in [0.4, 0.5) is 5.69 Å². The zero-order valence-corrected chi connectivity index (χ0v) is 20.2. The van der Waals surface area contributed by atoms with Gasteiger partial charge in [0, 0.05) is 28.1 Å². The molecule has 0 aromatic heterocycles. The van der Waals surface area contributed by atoms with Gasteiger partial charge in [-0.25, -0.2) is 8.42 Å². The molecule has 32 heavy (non-hydrogen) atoms. The number of carbonyl (C=O) groups excluding carboxylic acids is 1. The van der Waals surface area contributed by atoms with Crippen LogP contribution < -0.4 is 9.62 Å². The summed E-state index contributed by atoms with van der Waals surface area (Å²) in [5.41, 5.74) is 1.40. The van der Waals surface area contributed by atoms with Gasteiger partial charge in [0.1, 0.15) is 6.54 Å². The Labute approximate surface area is 202 Å². The topological polar surface area (TPSA) is 66.5 Å². The summed E-state index contributed by atoms with van der Waals surface area (Å²) < 4.78 is 27.5. The maximum atomic E-state index is 13.2. The summed E-state index contributed by atoms with van der Waals surface area (Å²) in [6, 6.07) is 22.0. The molecule has 0 aliphatic carbocycles. The maximum Gasteiger partial charge on any atom is 0.264 e. The molecule has 0 spiro atoms. The van der Waals surface area contributed by atoms with E-state index >= 15 is 0 Å². The van der Waals surface area contributed by atoms with Crippen LogP contribution in [0, 0.1) is 0 Å². The van der Waals surface area contributed by atoms with Gasteiger partial charge in [-0.2, -0.15) is 11.8 Å². The van der Waals surface area contributed by atoms with Gasteiger partial charge >= 0.3 is 0 Å². The van der Waals surface area contributed by atoms with Crippen LogP contribution in [0.3, 0.4) is 0 Å². The van der Waals surface area contributed by atoms with E-state index in [0.29, 0.717) is 28.0 Å². The van der Waals surface area contributed by atoms with Crippen molar-refractivity contribution in [3.63, 3.8) is 0 Å². The summed E-state index contributed by atoms with van der Waals surface area (Å²) in [5.74, 6) is 1.01. The van der Waals surface area contributed by atoms with Gasteiger partial charge in [0.05, 0.1) is 10.6 Å². The zero-order valence-electron chi connectivity index (χ0n) is 17.1. The molecular formula is C23H22Cl2N2O3S2. The molecule has 0 aliphatic heterocycles. The van der Waals surface area contributed by atoms with Crippen molar-refractivity contribution >= 4 is 56.6 Å². The van der Waals surface area contributed by atoms with Crippen LogP contribution in [0.5, 0.6) is 0 Å². The number of hydrogen-bond acceptors (Lipinski definition) is 4. The van der Waals surface area contributed by atoms with Crippen molar-refractivity contribution < 1.29 is 13.2 Å². The van der Waals surface area contributed by atoms with Crippen molar-refractivity contribution in [3.8, 4) is 0 Å². The molecule has 0 saturated heterocycles. The molecule has 0 unspecified atom stereocenters. The predicted octanol–water partition coefficient (Wildman–Crippen LogP) is 5.24. The molecule has 1 N–H and O–H groups in total. The lowest BCUT2D eigenvalue weighted by atomic mass is 10.2. The predicted molar refractivity (Wildman–Crippen MR) is 133 cm³/mol. The van der Waals surface area contributed by atoms with Crippen LogP contribution in [0.25, 0.3) is 0 Å². The van der Waals surface area contributed by atoms with E-state index in [0.717, 1.165) is 15.6 Å². The summed E-state index contributed by atoms with van der Waals surface area (Å²) in [4.78, 5) is 12.7. The average molecular weight is 509 g/mol. The molecule has 0 aliphatic rings. The number of sulfonamides is 1. The van der Waals surface area contributed by atoms with Gasteiger partial charge < -0.3 is 5.32 Å². The smallest absolute Gasteiger partial charge is 0.264 e. The van der Waals surface area contributed by atoms with Gasteiger partial charge in [0.25, 0.3) is 10.0 Å². The Bertz CT molecular complexity index is 1140. The fraction of sp³-hybridized carbons (Fsp3) is 0.174. The Morgan fingerprint density at radius 3 is 2.25 bits per heavy atom.